The second kappa shape index (κ2) is 9.82. The van der Waals surface area contributed by atoms with Crippen LogP contribution in [0.5, 0.6) is 5.75 Å². The summed E-state index contributed by atoms with van der Waals surface area (Å²) in [6, 6.07) is 9.07. The Bertz CT molecular complexity index is 347. The monoisotopic (exact) mass is 277 g/mol. The standard InChI is InChI=1S/C18H31NO/c1-5-7-8-16(6-2)14-20-18-11-9-17(10-12-18)13-15(3)19-4/h9-12,15-16,19H,5-8,13-14H2,1-4H3. The van der Waals surface area contributed by atoms with E-state index >= 15 is 0 Å². The van der Waals surface area contributed by atoms with Crippen LogP contribution in [0, 0.1) is 5.92 Å². The van der Waals surface area contributed by atoms with Crippen molar-refractivity contribution in [3.8, 4) is 5.75 Å². The van der Waals surface area contributed by atoms with Gasteiger partial charge >= 0.3 is 0 Å². The lowest BCUT2D eigenvalue weighted by Crippen LogP contribution is -2.23. The molecular formula is C18H31NO. The number of unbranched alkanes of at least 4 members (excludes halogenated alkanes) is 1. The van der Waals surface area contributed by atoms with Crippen LogP contribution in [0.1, 0.15) is 52.0 Å². The van der Waals surface area contributed by atoms with Gasteiger partial charge in [0.1, 0.15) is 5.75 Å². The molecule has 2 nitrogen and oxygen atoms in total. The molecule has 1 aromatic rings. The quantitative estimate of drug-likeness (QED) is 0.683. The third kappa shape index (κ3) is 6.42. The molecule has 20 heavy (non-hydrogen) atoms. The van der Waals surface area contributed by atoms with Gasteiger partial charge in [-0.05, 0) is 50.4 Å². The lowest BCUT2D eigenvalue weighted by Gasteiger charge is -2.16. The molecule has 0 fully saturated rings. The van der Waals surface area contributed by atoms with Crippen molar-refractivity contribution in [1.82, 2.24) is 5.32 Å². The Kier molecular flexibility index (Phi) is 8.36. The number of hydrogen-bond acceptors (Lipinski definition) is 2. The van der Waals surface area contributed by atoms with Gasteiger partial charge in [0.15, 0.2) is 0 Å². The number of hydrogen-bond donors (Lipinski definition) is 1. The minimum atomic E-state index is 0.514. The Hall–Kier alpha value is -1.02. The van der Waals surface area contributed by atoms with E-state index in [1.807, 2.05) is 7.05 Å². The fourth-order valence-corrected chi connectivity index (χ4v) is 2.29. The third-order valence-electron chi connectivity index (χ3n) is 3.99. The van der Waals surface area contributed by atoms with E-state index in [4.69, 9.17) is 4.74 Å². The van der Waals surface area contributed by atoms with E-state index in [1.165, 1.54) is 31.2 Å². The molecule has 1 aromatic carbocycles. The summed E-state index contributed by atoms with van der Waals surface area (Å²) in [7, 11) is 2.00. The first-order valence-corrected chi connectivity index (χ1v) is 8.08. The highest BCUT2D eigenvalue weighted by molar-refractivity contribution is 5.27. The van der Waals surface area contributed by atoms with Crippen LogP contribution in [0.2, 0.25) is 0 Å². The van der Waals surface area contributed by atoms with Gasteiger partial charge in [0, 0.05) is 6.04 Å². The molecule has 2 atom stereocenters. The summed E-state index contributed by atoms with van der Waals surface area (Å²) < 4.78 is 5.93. The highest BCUT2D eigenvalue weighted by Gasteiger charge is 2.07. The molecule has 0 aliphatic carbocycles. The molecule has 0 aromatic heterocycles. The molecule has 2 heteroatoms. The van der Waals surface area contributed by atoms with Crippen molar-refractivity contribution < 1.29 is 4.74 Å². The topological polar surface area (TPSA) is 21.3 Å². The molecule has 0 aliphatic rings. The van der Waals surface area contributed by atoms with E-state index in [1.54, 1.807) is 0 Å². The van der Waals surface area contributed by atoms with Crippen LogP contribution in [-0.4, -0.2) is 19.7 Å². The van der Waals surface area contributed by atoms with E-state index in [0.717, 1.165) is 18.8 Å². The van der Waals surface area contributed by atoms with E-state index in [-0.39, 0.29) is 0 Å². The molecule has 0 bridgehead atoms. The summed E-state index contributed by atoms with van der Waals surface area (Å²) in [6.07, 6.45) is 6.13. The van der Waals surface area contributed by atoms with Crippen LogP contribution in [0.25, 0.3) is 0 Å². The largest absolute Gasteiger partial charge is 0.493 e. The van der Waals surface area contributed by atoms with Crippen LogP contribution in [0.3, 0.4) is 0 Å². The van der Waals surface area contributed by atoms with Gasteiger partial charge in [-0.25, -0.2) is 0 Å². The van der Waals surface area contributed by atoms with Crippen molar-refractivity contribution >= 4 is 0 Å². The van der Waals surface area contributed by atoms with Gasteiger partial charge in [-0.1, -0.05) is 45.2 Å². The predicted molar refractivity (Wildman–Crippen MR) is 87.5 cm³/mol. The molecule has 1 rings (SSSR count). The summed E-state index contributed by atoms with van der Waals surface area (Å²) in [6.45, 7) is 7.55. The van der Waals surface area contributed by atoms with Crippen molar-refractivity contribution in [1.29, 1.82) is 0 Å². The van der Waals surface area contributed by atoms with Crippen LogP contribution in [-0.2, 0) is 6.42 Å². The Morgan fingerprint density at radius 1 is 1.15 bits per heavy atom. The zero-order valence-electron chi connectivity index (χ0n) is 13.6. The SMILES string of the molecule is CCCCC(CC)COc1ccc(CC(C)NC)cc1. The summed E-state index contributed by atoms with van der Waals surface area (Å²) in [5.41, 5.74) is 1.36. The molecule has 2 unspecified atom stereocenters. The molecule has 114 valence electrons. The van der Waals surface area contributed by atoms with Crippen LogP contribution in [0.15, 0.2) is 24.3 Å². The smallest absolute Gasteiger partial charge is 0.119 e. The summed E-state index contributed by atoms with van der Waals surface area (Å²) in [5, 5.41) is 3.26. The number of nitrogens with one attached hydrogen (secondary N) is 1. The Balaban J connectivity index is 2.40. The van der Waals surface area contributed by atoms with E-state index in [0.29, 0.717) is 12.0 Å². The first-order chi connectivity index (χ1) is 9.69. The van der Waals surface area contributed by atoms with Gasteiger partial charge < -0.3 is 10.1 Å². The second-order valence-electron chi connectivity index (χ2n) is 5.77. The van der Waals surface area contributed by atoms with Crippen LogP contribution in [0.4, 0.5) is 0 Å². The summed E-state index contributed by atoms with van der Waals surface area (Å²) >= 11 is 0. The first-order valence-electron chi connectivity index (χ1n) is 8.08. The van der Waals surface area contributed by atoms with E-state index < -0.39 is 0 Å². The number of likely N-dealkylation sites (N-methyl/N-ethyl adjacent to an activating group) is 1. The van der Waals surface area contributed by atoms with Crippen LogP contribution >= 0.6 is 0 Å². The molecule has 0 saturated carbocycles. The second-order valence-corrected chi connectivity index (χ2v) is 5.77. The van der Waals surface area contributed by atoms with Crippen molar-refractivity contribution in [2.75, 3.05) is 13.7 Å². The van der Waals surface area contributed by atoms with Crippen molar-refractivity contribution in [3.63, 3.8) is 0 Å². The molecule has 0 radical (unpaired) electrons. The Morgan fingerprint density at radius 3 is 2.40 bits per heavy atom. The lowest BCUT2D eigenvalue weighted by molar-refractivity contribution is 0.233. The van der Waals surface area contributed by atoms with Crippen LogP contribution < -0.4 is 10.1 Å². The van der Waals surface area contributed by atoms with Gasteiger partial charge in [0.2, 0.25) is 0 Å². The van der Waals surface area contributed by atoms with Gasteiger partial charge in [-0.2, -0.15) is 0 Å². The lowest BCUT2D eigenvalue weighted by atomic mass is 10.0. The zero-order chi connectivity index (χ0) is 14.8. The average Bonchev–Trinajstić information content (AvgIpc) is 2.49. The van der Waals surface area contributed by atoms with Crippen molar-refractivity contribution in [2.24, 2.45) is 5.92 Å². The predicted octanol–water partition coefficient (Wildman–Crippen LogP) is 4.43. The molecule has 0 amide bonds. The Morgan fingerprint density at radius 2 is 1.85 bits per heavy atom. The fraction of sp³-hybridized carbons (Fsp3) is 0.667. The normalized spacial score (nSPS) is 14.0. The third-order valence-corrected chi connectivity index (χ3v) is 3.99. The van der Waals surface area contributed by atoms with E-state index in [9.17, 15) is 0 Å². The number of rotatable bonds is 10. The molecular weight excluding hydrogens is 246 g/mol. The van der Waals surface area contributed by atoms with Gasteiger partial charge in [0.25, 0.3) is 0 Å². The minimum Gasteiger partial charge on any atom is -0.493 e. The number of benzene rings is 1. The maximum atomic E-state index is 5.93. The highest BCUT2D eigenvalue weighted by Crippen LogP contribution is 2.17. The molecule has 1 N–H and O–H groups in total. The summed E-state index contributed by atoms with van der Waals surface area (Å²) in [4.78, 5) is 0. The first kappa shape index (κ1) is 17.0. The number of ether oxygens (including phenoxy) is 1. The fourth-order valence-electron chi connectivity index (χ4n) is 2.29. The van der Waals surface area contributed by atoms with Crippen molar-refractivity contribution in [2.45, 2.75) is 58.9 Å². The maximum Gasteiger partial charge on any atom is 0.119 e. The average molecular weight is 277 g/mol. The van der Waals surface area contributed by atoms with Crippen molar-refractivity contribution in [3.05, 3.63) is 29.8 Å². The maximum absolute atomic E-state index is 5.93. The molecule has 0 aliphatic heterocycles. The zero-order valence-corrected chi connectivity index (χ0v) is 13.6. The minimum absolute atomic E-state index is 0.514. The molecule has 0 heterocycles. The van der Waals surface area contributed by atoms with E-state index in [2.05, 4.69) is 50.4 Å². The summed E-state index contributed by atoms with van der Waals surface area (Å²) in [5.74, 6) is 1.69. The van der Waals surface area contributed by atoms with Gasteiger partial charge in [-0.15, -0.1) is 0 Å². The Labute approximate surface area is 124 Å². The molecule has 0 spiro atoms. The highest BCUT2D eigenvalue weighted by atomic mass is 16.5. The van der Waals surface area contributed by atoms with Gasteiger partial charge in [0.05, 0.1) is 6.61 Å². The molecule has 0 saturated heterocycles. The van der Waals surface area contributed by atoms with Gasteiger partial charge in [-0.3, -0.25) is 0 Å².